The van der Waals surface area contributed by atoms with Gasteiger partial charge in [-0.2, -0.15) is 5.10 Å². The van der Waals surface area contributed by atoms with Crippen LogP contribution in [0.4, 0.5) is 5.82 Å². The predicted octanol–water partition coefficient (Wildman–Crippen LogP) is 1.10. The standard InChI is InChI=1S/C14H22N6O/c1-6-20(8-11(21)18-14(2,3)4)13-10-7-17-19(5)12(10)15-9-16-13/h7,9H,6,8H2,1-5H3,(H,18,21). The summed E-state index contributed by atoms with van der Waals surface area (Å²) in [4.78, 5) is 22.6. The van der Waals surface area contributed by atoms with Crippen LogP contribution >= 0.6 is 0 Å². The molecule has 2 rings (SSSR count). The van der Waals surface area contributed by atoms with Crippen LogP contribution in [0.15, 0.2) is 12.5 Å². The lowest BCUT2D eigenvalue weighted by atomic mass is 10.1. The maximum Gasteiger partial charge on any atom is 0.239 e. The fourth-order valence-corrected chi connectivity index (χ4v) is 2.17. The van der Waals surface area contributed by atoms with Gasteiger partial charge in [0.1, 0.15) is 12.1 Å². The van der Waals surface area contributed by atoms with Crippen LogP contribution in [0.25, 0.3) is 11.0 Å². The van der Waals surface area contributed by atoms with Gasteiger partial charge in [0.05, 0.1) is 18.1 Å². The van der Waals surface area contributed by atoms with Gasteiger partial charge in [-0.25, -0.2) is 9.97 Å². The van der Waals surface area contributed by atoms with Crippen LogP contribution in [0.3, 0.4) is 0 Å². The Kier molecular flexibility index (Phi) is 4.11. The number of aromatic nitrogens is 4. The van der Waals surface area contributed by atoms with Crippen molar-refractivity contribution in [2.24, 2.45) is 7.05 Å². The molecule has 1 N–H and O–H groups in total. The van der Waals surface area contributed by atoms with Crippen molar-refractivity contribution < 1.29 is 4.79 Å². The zero-order chi connectivity index (χ0) is 15.6. The van der Waals surface area contributed by atoms with Crippen LogP contribution < -0.4 is 10.2 Å². The Morgan fingerprint density at radius 3 is 2.71 bits per heavy atom. The molecule has 0 saturated heterocycles. The Morgan fingerprint density at radius 2 is 2.10 bits per heavy atom. The number of likely N-dealkylation sites (N-methyl/N-ethyl adjacent to an activating group) is 1. The van der Waals surface area contributed by atoms with Crippen molar-refractivity contribution in [2.75, 3.05) is 18.0 Å². The van der Waals surface area contributed by atoms with E-state index in [0.717, 1.165) is 16.9 Å². The van der Waals surface area contributed by atoms with Gasteiger partial charge in [0.25, 0.3) is 0 Å². The summed E-state index contributed by atoms with van der Waals surface area (Å²) in [5, 5.41) is 8.01. The number of anilines is 1. The van der Waals surface area contributed by atoms with Gasteiger partial charge in [0.15, 0.2) is 5.65 Å². The first-order chi connectivity index (χ1) is 9.81. The average Bonchev–Trinajstić information content (AvgIpc) is 2.76. The van der Waals surface area contributed by atoms with Crippen LogP contribution in [-0.2, 0) is 11.8 Å². The predicted molar refractivity (Wildman–Crippen MR) is 82.1 cm³/mol. The lowest BCUT2D eigenvalue weighted by Crippen LogP contribution is -2.46. The summed E-state index contributed by atoms with van der Waals surface area (Å²) in [7, 11) is 1.84. The number of nitrogens with one attached hydrogen (secondary N) is 1. The van der Waals surface area contributed by atoms with E-state index in [1.165, 1.54) is 6.33 Å². The molecular formula is C14H22N6O. The topological polar surface area (TPSA) is 75.9 Å². The fraction of sp³-hybridized carbons (Fsp3) is 0.571. The second kappa shape index (κ2) is 5.67. The van der Waals surface area contributed by atoms with Crippen molar-refractivity contribution in [3.63, 3.8) is 0 Å². The van der Waals surface area contributed by atoms with E-state index in [-0.39, 0.29) is 18.0 Å². The van der Waals surface area contributed by atoms with Gasteiger partial charge < -0.3 is 10.2 Å². The first-order valence-corrected chi connectivity index (χ1v) is 7.00. The van der Waals surface area contributed by atoms with E-state index in [2.05, 4.69) is 20.4 Å². The molecule has 2 heterocycles. The van der Waals surface area contributed by atoms with Crippen molar-refractivity contribution in [3.8, 4) is 0 Å². The van der Waals surface area contributed by atoms with Crippen LogP contribution in [0.5, 0.6) is 0 Å². The monoisotopic (exact) mass is 290 g/mol. The summed E-state index contributed by atoms with van der Waals surface area (Å²) >= 11 is 0. The first-order valence-electron chi connectivity index (χ1n) is 7.00. The van der Waals surface area contributed by atoms with E-state index >= 15 is 0 Å². The molecule has 21 heavy (non-hydrogen) atoms. The molecule has 7 nitrogen and oxygen atoms in total. The molecular weight excluding hydrogens is 268 g/mol. The van der Waals surface area contributed by atoms with Crippen molar-refractivity contribution in [2.45, 2.75) is 33.2 Å². The number of aryl methyl sites for hydroxylation is 1. The highest BCUT2D eigenvalue weighted by Crippen LogP contribution is 2.21. The summed E-state index contributed by atoms with van der Waals surface area (Å²) in [6, 6.07) is 0. The minimum Gasteiger partial charge on any atom is -0.350 e. The molecule has 0 radical (unpaired) electrons. The first kappa shape index (κ1) is 15.2. The van der Waals surface area contributed by atoms with Gasteiger partial charge in [-0.15, -0.1) is 0 Å². The molecule has 0 atom stereocenters. The zero-order valence-electron chi connectivity index (χ0n) is 13.2. The maximum absolute atomic E-state index is 12.1. The highest BCUT2D eigenvalue weighted by molar-refractivity contribution is 5.89. The minimum absolute atomic E-state index is 0.0278. The van der Waals surface area contributed by atoms with Crippen LogP contribution in [0.2, 0.25) is 0 Å². The van der Waals surface area contributed by atoms with Crippen molar-refractivity contribution in [1.82, 2.24) is 25.1 Å². The number of fused-ring (bicyclic) bond motifs is 1. The molecule has 2 aromatic rings. The number of carbonyl (C=O) groups excluding carboxylic acids is 1. The lowest BCUT2D eigenvalue weighted by molar-refractivity contribution is -0.121. The summed E-state index contributed by atoms with van der Waals surface area (Å²) in [6.07, 6.45) is 3.23. The average molecular weight is 290 g/mol. The Hall–Kier alpha value is -2.18. The number of hydrogen-bond donors (Lipinski definition) is 1. The van der Waals surface area contributed by atoms with Gasteiger partial charge >= 0.3 is 0 Å². The third kappa shape index (κ3) is 3.48. The summed E-state index contributed by atoms with van der Waals surface area (Å²) in [5.41, 5.74) is 0.515. The molecule has 7 heteroatoms. The highest BCUT2D eigenvalue weighted by atomic mass is 16.2. The second-order valence-corrected chi connectivity index (χ2v) is 6.02. The molecule has 2 aromatic heterocycles. The van der Waals surface area contributed by atoms with E-state index in [0.29, 0.717) is 6.54 Å². The lowest BCUT2D eigenvalue weighted by Gasteiger charge is -2.25. The van der Waals surface area contributed by atoms with Crippen LogP contribution in [0, 0.1) is 0 Å². The number of amides is 1. The van der Waals surface area contributed by atoms with Gasteiger partial charge in [0, 0.05) is 19.1 Å². The fourth-order valence-electron chi connectivity index (χ4n) is 2.17. The highest BCUT2D eigenvalue weighted by Gasteiger charge is 2.19. The number of nitrogens with zero attached hydrogens (tertiary/aromatic N) is 5. The molecule has 0 aliphatic heterocycles. The van der Waals surface area contributed by atoms with E-state index < -0.39 is 0 Å². The SMILES string of the molecule is CCN(CC(=O)NC(C)(C)C)c1ncnc2c1cnn2C. The Labute approximate surface area is 124 Å². The molecule has 0 unspecified atom stereocenters. The van der Waals surface area contributed by atoms with Crippen molar-refractivity contribution >= 4 is 22.8 Å². The van der Waals surface area contributed by atoms with Crippen molar-refractivity contribution in [3.05, 3.63) is 12.5 Å². The van der Waals surface area contributed by atoms with Crippen LogP contribution in [0.1, 0.15) is 27.7 Å². The summed E-state index contributed by atoms with van der Waals surface area (Å²) < 4.78 is 1.70. The molecule has 0 saturated carbocycles. The van der Waals surface area contributed by atoms with E-state index in [1.54, 1.807) is 10.9 Å². The smallest absolute Gasteiger partial charge is 0.239 e. The zero-order valence-corrected chi connectivity index (χ0v) is 13.2. The summed E-state index contributed by atoms with van der Waals surface area (Å²) in [6.45, 7) is 8.82. The molecule has 0 fully saturated rings. The van der Waals surface area contributed by atoms with E-state index in [9.17, 15) is 4.79 Å². The van der Waals surface area contributed by atoms with Gasteiger partial charge in [-0.3, -0.25) is 9.48 Å². The Bertz CT molecular complexity index is 642. The number of carbonyl (C=O) groups is 1. The third-order valence-corrected chi connectivity index (χ3v) is 3.04. The van der Waals surface area contributed by atoms with Crippen LogP contribution in [-0.4, -0.2) is 44.3 Å². The normalized spacial score (nSPS) is 11.7. The molecule has 0 aromatic carbocycles. The largest absolute Gasteiger partial charge is 0.350 e. The minimum atomic E-state index is -0.244. The molecule has 0 aliphatic carbocycles. The maximum atomic E-state index is 12.1. The number of hydrogen-bond acceptors (Lipinski definition) is 5. The van der Waals surface area contributed by atoms with Gasteiger partial charge in [0.2, 0.25) is 5.91 Å². The molecule has 1 amide bonds. The van der Waals surface area contributed by atoms with Gasteiger partial charge in [-0.1, -0.05) is 0 Å². The summed E-state index contributed by atoms with van der Waals surface area (Å²) in [5.74, 6) is 0.708. The van der Waals surface area contributed by atoms with E-state index in [1.807, 2.05) is 39.6 Å². The molecule has 114 valence electrons. The van der Waals surface area contributed by atoms with E-state index in [4.69, 9.17) is 0 Å². The second-order valence-electron chi connectivity index (χ2n) is 6.02. The quantitative estimate of drug-likeness (QED) is 0.912. The Morgan fingerprint density at radius 1 is 1.38 bits per heavy atom. The van der Waals surface area contributed by atoms with Crippen molar-refractivity contribution in [1.29, 1.82) is 0 Å². The third-order valence-electron chi connectivity index (χ3n) is 3.04. The molecule has 0 bridgehead atoms. The number of rotatable bonds is 4. The molecule has 0 spiro atoms. The molecule has 0 aliphatic rings. The Balaban J connectivity index is 2.26. The van der Waals surface area contributed by atoms with Gasteiger partial charge in [-0.05, 0) is 27.7 Å².